The third-order valence-corrected chi connectivity index (χ3v) is 2.92. The van der Waals surface area contributed by atoms with E-state index in [4.69, 9.17) is 11.6 Å². The molecular formula is C13H13ClN2O2. The number of para-hydroxylation sites is 1. The van der Waals surface area contributed by atoms with Gasteiger partial charge in [0.2, 0.25) is 5.56 Å². The average Bonchev–Trinajstić information content (AvgIpc) is 2.36. The topological polar surface area (TPSA) is 62.0 Å². The lowest BCUT2D eigenvalue weighted by molar-refractivity contribution is 0.0955. The van der Waals surface area contributed by atoms with Gasteiger partial charge < -0.3 is 10.3 Å². The third-order valence-electron chi connectivity index (χ3n) is 2.61. The molecule has 94 valence electrons. The van der Waals surface area contributed by atoms with Gasteiger partial charge in [-0.25, -0.2) is 0 Å². The summed E-state index contributed by atoms with van der Waals surface area (Å²) in [6.45, 7) is 2.54. The summed E-state index contributed by atoms with van der Waals surface area (Å²) in [7, 11) is 0. The van der Waals surface area contributed by atoms with Crippen LogP contribution in [0.5, 0.6) is 0 Å². The first-order valence-electron chi connectivity index (χ1n) is 5.73. The molecule has 1 amide bonds. The number of H-pyrrole nitrogens is 1. The number of halogens is 1. The molecule has 2 N–H and O–H groups in total. The van der Waals surface area contributed by atoms with Crippen molar-refractivity contribution in [2.75, 3.05) is 6.54 Å². The van der Waals surface area contributed by atoms with Crippen LogP contribution in [0.2, 0.25) is 5.02 Å². The molecule has 4 nitrogen and oxygen atoms in total. The summed E-state index contributed by atoms with van der Waals surface area (Å²) in [4.78, 5) is 26.2. The zero-order valence-electron chi connectivity index (χ0n) is 9.92. The lowest BCUT2D eigenvalue weighted by atomic mass is 10.1. The van der Waals surface area contributed by atoms with E-state index in [1.165, 1.54) is 6.07 Å². The maximum atomic E-state index is 12.0. The molecule has 0 saturated carbocycles. The number of aromatic nitrogens is 1. The van der Waals surface area contributed by atoms with Gasteiger partial charge in [-0.1, -0.05) is 30.7 Å². The quantitative estimate of drug-likeness (QED) is 0.894. The molecule has 1 aromatic carbocycles. The average molecular weight is 265 g/mol. The summed E-state index contributed by atoms with van der Waals surface area (Å²) in [5, 5.41) is 3.83. The Bertz CT molecular complexity index is 649. The van der Waals surface area contributed by atoms with Gasteiger partial charge in [0.1, 0.15) is 0 Å². The Morgan fingerprint density at radius 2 is 2.22 bits per heavy atom. The fraction of sp³-hybridized carbons (Fsp3) is 0.231. The van der Waals surface area contributed by atoms with Crippen molar-refractivity contribution in [3.63, 3.8) is 0 Å². The van der Waals surface area contributed by atoms with Crippen molar-refractivity contribution in [1.29, 1.82) is 0 Å². The van der Waals surface area contributed by atoms with Gasteiger partial charge >= 0.3 is 0 Å². The summed E-state index contributed by atoms with van der Waals surface area (Å²) >= 11 is 6.01. The maximum absolute atomic E-state index is 12.0. The standard InChI is InChI=1S/C13H13ClN2O2/c1-2-6-15-13(18)9-7-11(17)16-12-8(9)4-3-5-10(12)14/h3-5,7H,2,6H2,1H3,(H,15,18)(H,16,17). The third kappa shape index (κ3) is 2.38. The van der Waals surface area contributed by atoms with E-state index in [1.807, 2.05) is 6.92 Å². The SMILES string of the molecule is CCCNC(=O)c1cc(=O)[nH]c2c(Cl)cccc12. The number of carbonyl (C=O) groups is 1. The highest BCUT2D eigenvalue weighted by molar-refractivity contribution is 6.35. The highest BCUT2D eigenvalue weighted by Gasteiger charge is 2.12. The summed E-state index contributed by atoms with van der Waals surface area (Å²) in [5.74, 6) is -0.254. The van der Waals surface area contributed by atoms with Gasteiger partial charge in [-0.15, -0.1) is 0 Å². The van der Waals surface area contributed by atoms with Crippen LogP contribution in [0.15, 0.2) is 29.1 Å². The Morgan fingerprint density at radius 3 is 2.94 bits per heavy atom. The molecule has 18 heavy (non-hydrogen) atoms. The Labute approximate surface area is 109 Å². The van der Waals surface area contributed by atoms with E-state index >= 15 is 0 Å². The lowest BCUT2D eigenvalue weighted by Gasteiger charge is -2.07. The van der Waals surface area contributed by atoms with Gasteiger partial charge in [-0.3, -0.25) is 9.59 Å². The predicted octanol–water partition coefficient (Wildman–Crippen LogP) is 2.32. The van der Waals surface area contributed by atoms with Crippen LogP contribution >= 0.6 is 11.6 Å². The van der Waals surface area contributed by atoms with Crippen molar-refractivity contribution in [3.05, 3.63) is 45.2 Å². The van der Waals surface area contributed by atoms with E-state index in [-0.39, 0.29) is 11.5 Å². The Balaban J connectivity index is 2.60. The van der Waals surface area contributed by atoms with E-state index < -0.39 is 0 Å². The smallest absolute Gasteiger partial charge is 0.252 e. The van der Waals surface area contributed by atoms with Crippen LogP contribution in [0, 0.1) is 0 Å². The number of hydrogen-bond donors (Lipinski definition) is 2. The van der Waals surface area contributed by atoms with Gasteiger partial charge in [0.15, 0.2) is 0 Å². The van der Waals surface area contributed by atoms with Gasteiger partial charge in [-0.05, 0) is 12.5 Å². The number of amides is 1. The molecule has 2 aromatic rings. The normalized spacial score (nSPS) is 10.6. The Morgan fingerprint density at radius 1 is 1.44 bits per heavy atom. The van der Waals surface area contributed by atoms with Crippen LogP contribution < -0.4 is 10.9 Å². The number of rotatable bonds is 3. The van der Waals surface area contributed by atoms with Crippen molar-refractivity contribution in [1.82, 2.24) is 10.3 Å². The van der Waals surface area contributed by atoms with E-state index in [0.717, 1.165) is 6.42 Å². The zero-order valence-corrected chi connectivity index (χ0v) is 10.7. The molecule has 0 aliphatic heterocycles. The van der Waals surface area contributed by atoms with Crippen LogP contribution in [-0.4, -0.2) is 17.4 Å². The van der Waals surface area contributed by atoms with Gasteiger partial charge in [0.05, 0.1) is 16.1 Å². The van der Waals surface area contributed by atoms with Crippen LogP contribution in [0.1, 0.15) is 23.7 Å². The first-order valence-corrected chi connectivity index (χ1v) is 6.11. The Kier molecular flexibility index (Phi) is 3.67. The van der Waals surface area contributed by atoms with Gasteiger partial charge in [-0.2, -0.15) is 0 Å². The lowest BCUT2D eigenvalue weighted by Crippen LogP contribution is -2.25. The zero-order chi connectivity index (χ0) is 13.1. The fourth-order valence-electron chi connectivity index (χ4n) is 1.77. The minimum absolute atomic E-state index is 0.254. The molecule has 0 bridgehead atoms. The molecule has 0 aliphatic carbocycles. The second-order valence-corrected chi connectivity index (χ2v) is 4.37. The maximum Gasteiger partial charge on any atom is 0.252 e. The molecule has 0 spiro atoms. The number of aromatic amines is 1. The molecule has 0 aliphatic rings. The first kappa shape index (κ1) is 12.6. The van der Waals surface area contributed by atoms with E-state index in [9.17, 15) is 9.59 Å². The number of pyridine rings is 1. The molecule has 0 radical (unpaired) electrons. The van der Waals surface area contributed by atoms with Crippen molar-refractivity contribution in [2.45, 2.75) is 13.3 Å². The second kappa shape index (κ2) is 5.23. The van der Waals surface area contributed by atoms with Crippen LogP contribution in [-0.2, 0) is 0 Å². The Hall–Kier alpha value is -1.81. The molecule has 2 rings (SSSR count). The van der Waals surface area contributed by atoms with Crippen LogP contribution in [0.25, 0.3) is 10.9 Å². The van der Waals surface area contributed by atoms with Crippen molar-refractivity contribution < 1.29 is 4.79 Å². The number of benzene rings is 1. The number of nitrogens with one attached hydrogen (secondary N) is 2. The van der Waals surface area contributed by atoms with Gasteiger partial charge in [0, 0.05) is 18.0 Å². The molecule has 0 fully saturated rings. The molecule has 0 unspecified atom stereocenters. The van der Waals surface area contributed by atoms with Crippen LogP contribution in [0.3, 0.4) is 0 Å². The van der Waals surface area contributed by atoms with E-state index in [0.29, 0.717) is 28.0 Å². The molecular weight excluding hydrogens is 252 g/mol. The molecule has 1 aromatic heterocycles. The summed E-state index contributed by atoms with van der Waals surface area (Å²) in [6, 6.07) is 6.48. The van der Waals surface area contributed by atoms with Crippen molar-refractivity contribution in [2.24, 2.45) is 0 Å². The summed E-state index contributed by atoms with van der Waals surface area (Å²) < 4.78 is 0. The van der Waals surface area contributed by atoms with Gasteiger partial charge in [0.25, 0.3) is 5.91 Å². The predicted molar refractivity (Wildman–Crippen MR) is 72.2 cm³/mol. The number of carbonyl (C=O) groups excluding carboxylic acids is 1. The molecule has 1 heterocycles. The van der Waals surface area contributed by atoms with Crippen molar-refractivity contribution >= 4 is 28.4 Å². The highest BCUT2D eigenvalue weighted by Crippen LogP contribution is 2.22. The summed E-state index contributed by atoms with van der Waals surface area (Å²) in [5.41, 5.74) is 0.510. The molecule has 0 atom stereocenters. The molecule has 0 saturated heterocycles. The summed E-state index contributed by atoms with van der Waals surface area (Å²) in [6.07, 6.45) is 0.841. The monoisotopic (exact) mass is 264 g/mol. The van der Waals surface area contributed by atoms with E-state index in [2.05, 4.69) is 10.3 Å². The number of fused-ring (bicyclic) bond motifs is 1. The number of hydrogen-bond acceptors (Lipinski definition) is 2. The second-order valence-electron chi connectivity index (χ2n) is 3.97. The first-order chi connectivity index (χ1) is 8.63. The molecule has 5 heteroatoms. The van der Waals surface area contributed by atoms with Crippen molar-refractivity contribution in [3.8, 4) is 0 Å². The van der Waals surface area contributed by atoms with Crippen LogP contribution in [0.4, 0.5) is 0 Å². The largest absolute Gasteiger partial charge is 0.352 e. The fourth-order valence-corrected chi connectivity index (χ4v) is 1.99. The van der Waals surface area contributed by atoms with E-state index in [1.54, 1.807) is 18.2 Å². The highest BCUT2D eigenvalue weighted by atomic mass is 35.5. The minimum Gasteiger partial charge on any atom is -0.352 e. The minimum atomic E-state index is -0.336.